The van der Waals surface area contributed by atoms with E-state index in [-0.39, 0.29) is 44.3 Å². The Kier molecular flexibility index (Phi) is 4.73. The molecule has 0 unspecified atom stereocenters. The third-order valence-corrected chi connectivity index (χ3v) is 6.04. The Morgan fingerprint density at radius 2 is 1.70 bits per heavy atom. The number of benzene rings is 3. The molecule has 2 heterocycles. The van der Waals surface area contributed by atoms with Crippen LogP contribution in [0.2, 0.25) is 0 Å². The second kappa shape index (κ2) is 7.50. The molecule has 0 saturated heterocycles. The van der Waals surface area contributed by atoms with Crippen molar-refractivity contribution in [2.75, 3.05) is 5.73 Å². The molecule has 11 heteroatoms. The third kappa shape index (κ3) is 3.62. The van der Waals surface area contributed by atoms with Gasteiger partial charge in [0.1, 0.15) is 22.0 Å². The Morgan fingerprint density at radius 3 is 2.48 bits per heavy atom. The predicted molar refractivity (Wildman–Crippen MR) is 119 cm³/mol. The van der Waals surface area contributed by atoms with Crippen LogP contribution in [-0.4, -0.2) is 28.4 Å². The largest absolute Gasteiger partial charge is 0.368 e. The number of nitrogen functional groups attached to an aromatic ring is 1. The molecule has 3 aromatic carbocycles. The zero-order chi connectivity index (χ0) is 23.3. The molecule has 2 aromatic heterocycles. The van der Waals surface area contributed by atoms with Gasteiger partial charge < -0.3 is 5.73 Å². The Hall–Kier alpha value is -4.09. The van der Waals surface area contributed by atoms with Gasteiger partial charge in [-0.2, -0.15) is 0 Å². The van der Waals surface area contributed by atoms with Crippen LogP contribution < -0.4 is 10.9 Å². The first kappa shape index (κ1) is 20.8. The third-order valence-electron chi connectivity index (χ3n) is 5.10. The van der Waals surface area contributed by atoms with E-state index in [0.29, 0.717) is 10.9 Å². The number of para-hydroxylation sites is 1. The minimum absolute atomic E-state index is 0.00420. The van der Waals surface area contributed by atoms with E-state index < -0.39 is 21.7 Å². The number of hydrogen-bond donors (Lipinski definition) is 2. The number of rotatable bonds is 3. The summed E-state index contributed by atoms with van der Waals surface area (Å²) in [7, 11) is -4.03. The standard InChI is InChI=1S/C22H14F2N6O2S/c23-14-6-5-13(17-10-27-21-16(29-17)2-1-3-18(21)33(26,31)32)20(24)19(14)11-4-7-15-12(8-11)9-28-22(25)30-15/h1-10H,(H2,25,28,30)(H2,26,31,32). The van der Waals surface area contributed by atoms with Crippen LogP contribution in [0.3, 0.4) is 0 Å². The number of nitrogens with two attached hydrogens (primary N) is 2. The minimum atomic E-state index is -4.03. The Balaban J connectivity index is 1.68. The van der Waals surface area contributed by atoms with E-state index in [9.17, 15) is 12.8 Å². The van der Waals surface area contributed by atoms with Gasteiger partial charge in [0.2, 0.25) is 16.0 Å². The molecule has 0 fully saturated rings. The number of primary sulfonamides is 1. The molecule has 0 aliphatic carbocycles. The van der Waals surface area contributed by atoms with Gasteiger partial charge in [0.05, 0.1) is 28.5 Å². The fourth-order valence-corrected chi connectivity index (χ4v) is 4.29. The van der Waals surface area contributed by atoms with Gasteiger partial charge in [0, 0.05) is 17.1 Å². The van der Waals surface area contributed by atoms with E-state index in [1.54, 1.807) is 12.1 Å². The summed E-state index contributed by atoms with van der Waals surface area (Å²) in [5.74, 6) is -1.52. The molecule has 0 saturated carbocycles. The SMILES string of the molecule is Nc1ncc2cc(-c3c(F)ccc(-c4cnc5c(S(N)(=O)=O)cccc5n4)c3F)ccc2n1. The zero-order valence-corrected chi connectivity index (χ0v) is 17.5. The molecule has 33 heavy (non-hydrogen) atoms. The summed E-state index contributed by atoms with van der Waals surface area (Å²) in [6, 6.07) is 11.4. The van der Waals surface area contributed by atoms with Gasteiger partial charge in [0.15, 0.2) is 0 Å². The van der Waals surface area contributed by atoms with Crippen molar-refractivity contribution in [1.82, 2.24) is 19.9 Å². The summed E-state index contributed by atoms with van der Waals surface area (Å²) >= 11 is 0. The van der Waals surface area contributed by atoms with Gasteiger partial charge in [-0.05, 0) is 42.0 Å². The molecule has 0 aliphatic heterocycles. The number of fused-ring (bicyclic) bond motifs is 2. The highest BCUT2D eigenvalue weighted by Gasteiger charge is 2.20. The van der Waals surface area contributed by atoms with Crippen molar-refractivity contribution in [1.29, 1.82) is 0 Å². The van der Waals surface area contributed by atoms with Gasteiger partial charge >= 0.3 is 0 Å². The molecule has 4 N–H and O–H groups in total. The Bertz CT molecular complexity index is 1690. The second-order valence-electron chi connectivity index (χ2n) is 7.21. The lowest BCUT2D eigenvalue weighted by molar-refractivity contribution is 0.591. The number of aromatic nitrogens is 4. The second-order valence-corrected chi connectivity index (χ2v) is 8.74. The normalized spacial score (nSPS) is 11.8. The summed E-state index contributed by atoms with van der Waals surface area (Å²) in [6.45, 7) is 0. The first-order valence-corrected chi connectivity index (χ1v) is 11.1. The van der Waals surface area contributed by atoms with E-state index in [0.717, 1.165) is 6.07 Å². The van der Waals surface area contributed by atoms with Crippen LogP contribution in [-0.2, 0) is 10.0 Å². The van der Waals surface area contributed by atoms with Crippen LogP contribution in [0.1, 0.15) is 0 Å². The highest BCUT2D eigenvalue weighted by molar-refractivity contribution is 7.89. The Labute approximate surface area is 186 Å². The van der Waals surface area contributed by atoms with E-state index in [2.05, 4.69) is 19.9 Å². The van der Waals surface area contributed by atoms with Crippen LogP contribution in [0.25, 0.3) is 44.3 Å². The number of halogens is 2. The lowest BCUT2D eigenvalue weighted by Gasteiger charge is -2.11. The maximum absolute atomic E-state index is 15.6. The molecular weight excluding hydrogens is 450 g/mol. The van der Waals surface area contributed by atoms with Crippen LogP contribution in [0.15, 0.2) is 65.8 Å². The van der Waals surface area contributed by atoms with Crippen molar-refractivity contribution < 1.29 is 17.2 Å². The maximum atomic E-state index is 15.6. The molecule has 0 spiro atoms. The molecule has 0 amide bonds. The average Bonchev–Trinajstić information content (AvgIpc) is 2.78. The van der Waals surface area contributed by atoms with Crippen LogP contribution in [0.5, 0.6) is 0 Å². The summed E-state index contributed by atoms with van der Waals surface area (Å²) < 4.78 is 53.9. The lowest BCUT2D eigenvalue weighted by atomic mass is 9.99. The van der Waals surface area contributed by atoms with Crippen molar-refractivity contribution in [3.8, 4) is 22.4 Å². The highest BCUT2D eigenvalue weighted by atomic mass is 32.2. The fraction of sp³-hybridized carbons (Fsp3) is 0. The molecule has 0 radical (unpaired) electrons. The summed E-state index contributed by atoms with van der Waals surface area (Å²) in [4.78, 5) is 16.3. The van der Waals surface area contributed by atoms with Crippen molar-refractivity contribution >= 4 is 37.9 Å². The molecule has 164 valence electrons. The molecule has 8 nitrogen and oxygen atoms in total. The number of sulfonamides is 1. The minimum Gasteiger partial charge on any atom is -0.368 e. The molecule has 0 aliphatic rings. The monoisotopic (exact) mass is 464 g/mol. The zero-order valence-electron chi connectivity index (χ0n) is 16.7. The van der Waals surface area contributed by atoms with Gasteiger partial charge in [-0.3, -0.25) is 4.98 Å². The average molecular weight is 464 g/mol. The molecule has 0 bridgehead atoms. The van der Waals surface area contributed by atoms with E-state index in [1.165, 1.54) is 42.7 Å². The first-order chi connectivity index (χ1) is 15.7. The number of anilines is 1. The van der Waals surface area contributed by atoms with Crippen LogP contribution in [0.4, 0.5) is 14.7 Å². The van der Waals surface area contributed by atoms with Crippen molar-refractivity contribution in [3.05, 3.63) is 72.6 Å². The summed E-state index contributed by atoms with van der Waals surface area (Å²) in [6.07, 6.45) is 2.69. The van der Waals surface area contributed by atoms with Crippen LogP contribution >= 0.6 is 0 Å². The van der Waals surface area contributed by atoms with E-state index in [4.69, 9.17) is 10.9 Å². The molecule has 5 rings (SSSR count). The molecular formula is C22H14F2N6O2S. The highest BCUT2D eigenvalue weighted by Crippen LogP contribution is 2.34. The quantitative estimate of drug-likeness (QED) is 0.417. The van der Waals surface area contributed by atoms with Gasteiger partial charge in [-0.15, -0.1) is 0 Å². The summed E-state index contributed by atoms with van der Waals surface area (Å²) in [5, 5.41) is 5.79. The Morgan fingerprint density at radius 1 is 0.879 bits per heavy atom. The van der Waals surface area contributed by atoms with E-state index >= 15 is 4.39 Å². The van der Waals surface area contributed by atoms with Gasteiger partial charge in [-0.1, -0.05) is 12.1 Å². The summed E-state index contributed by atoms with van der Waals surface area (Å²) in [5.41, 5.74) is 6.49. The molecule has 5 aromatic rings. The van der Waals surface area contributed by atoms with E-state index in [1.807, 2.05) is 0 Å². The van der Waals surface area contributed by atoms with Gasteiger partial charge in [-0.25, -0.2) is 37.3 Å². The van der Waals surface area contributed by atoms with Gasteiger partial charge in [0.25, 0.3) is 0 Å². The van der Waals surface area contributed by atoms with Crippen LogP contribution in [0, 0.1) is 11.6 Å². The topological polar surface area (TPSA) is 138 Å². The van der Waals surface area contributed by atoms with Crippen molar-refractivity contribution in [2.24, 2.45) is 5.14 Å². The number of nitrogens with zero attached hydrogens (tertiary/aromatic N) is 4. The predicted octanol–water partition coefficient (Wildman–Crippen LogP) is 3.41. The van der Waals surface area contributed by atoms with Crippen molar-refractivity contribution in [2.45, 2.75) is 4.90 Å². The molecule has 0 atom stereocenters. The smallest absolute Gasteiger partial charge is 0.240 e. The fourth-order valence-electron chi connectivity index (χ4n) is 3.59. The maximum Gasteiger partial charge on any atom is 0.240 e. The first-order valence-electron chi connectivity index (χ1n) is 9.52. The lowest BCUT2D eigenvalue weighted by Crippen LogP contribution is -2.13. The van der Waals surface area contributed by atoms with Crippen molar-refractivity contribution in [3.63, 3.8) is 0 Å². The number of hydrogen-bond acceptors (Lipinski definition) is 7.